The lowest BCUT2D eigenvalue weighted by Gasteiger charge is -2.09. The van der Waals surface area contributed by atoms with Crippen molar-refractivity contribution in [3.05, 3.63) is 96.2 Å². The molecule has 0 fully saturated rings. The third-order valence-corrected chi connectivity index (χ3v) is 5.25. The van der Waals surface area contributed by atoms with E-state index < -0.39 is 5.91 Å². The molecule has 3 N–H and O–H groups in total. The molecule has 2 amide bonds. The first-order valence-corrected chi connectivity index (χ1v) is 10.7. The van der Waals surface area contributed by atoms with Crippen molar-refractivity contribution in [2.45, 2.75) is 0 Å². The van der Waals surface area contributed by atoms with E-state index in [0.29, 0.717) is 28.4 Å². The zero-order valence-electron chi connectivity index (χ0n) is 19.3. The molecule has 8 heteroatoms. The van der Waals surface area contributed by atoms with E-state index >= 15 is 0 Å². The van der Waals surface area contributed by atoms with Crippen molar-refractivity contribution in [3.8, 4) is 28.4 Å². The second-order valence-corrected chi connectivity index (χ2v) is 7.55. The lowest BCUT2D eigenvalue weighted by molar-refractivity contribution is -0.111. The highest BCUT2D eigenvalue weighted by atomic mass is 16.5. The van der Waals surface area contributed by atoms with Crippen LogP contribution in [0.1, 0.15) is 15.9 Å². The molecular formula is C27H24N4O4. The number of carbonyl (C=O) groups excluding carboxylic acids is 2. The minimum atomic E-state index is -0.565. The average Bonchev–Trinajstić information content (AvgIpc) is 3.32. The Kier molecular flexibility index (Phi) is 6.92. The molecule has 0 aliphatic heterocycles. The van der Waals surface area contributed by atoms with Gasteiger partial charge in [0.25, 0.3) is 0 Å². The molecule has 1 heterocycles. The van der Waals surface area contributed by atoms with Crippen LogP contribution in [0.15, 0.2) is 85.1 Å². The topological polar surface area (TPSA) is 108 Å². The number of nitrogens with zero attached hydrogens (tertiary/aromatic N) is 2. The van der Waals surface area contributed by atoms with Gasteiger partial charge >= 0.3 is 0 Å². The summed E-state index contributed by atoms with van der Waals surface area (Å²) < 4.78 is 12.5. The summed E-state index contributed by atoms with van der Waals surface area (Å²) in [6, 6.07) is 21.6. The van der Waals surface area contributed by atoms with E-state index in [4.69, 9.17) is 20.3 Å². The van der Waals surface area contributed by atoms with E-state index in [0.717, 1.165) is 16.8 Å². The number of para-hydroxylation sites is 1. The molecular weight excluding hydrogens is 444 g/mol. The van der Waals surface area contributed by atoms with Gasteiger partial charge in [0.15, 0.2) is 11.5 Å². The second-order valence-electron chi connectivity index (χ2n) is 7.55. The maximum absolute atomic E-state index is 12.6. The first kappa shape index (κ1) is 23.3. The van der Waals surface area contributed by atoms with Gasteiger partial charge < -0.3 is 20.5 Å². The Balaban J connectivity index is 1.67. The molecule has 4 aromatic rings. The van der Waals surface area contributed by atoms with E-state index in [9.17, 15) is 9.59 Å². The Morgan fingerprint density at radius 1 is 0.943 bits per heavy atom. The van der Waals surface area contributed by atoms with Crippen molar-refractivity contribution in [3.63, 3.8) is 0 Å². The van der Waals surface area contributed by atoms with E-state index in [-0.39, 0.29) is 5.91 Å². The molecule has 0 unspecified atom stereocenters. The zero-order valence-corrected chi connectivity index (χ0v) is 19.3. The summed E-state index contributed by atoms with van der Waals surface area (Å²) in [5.41, 5.74) is 9.16. The molecule has 35 heavy (non-hydrogen) atoms. The molecule has 0 radical (unpaired) electrons. The van der Waals surface area contributed by atoms with Gasteiger partial charge in [-0.05, 0) is 54.6 Å². The van der Waals surface area contributed by atoms with Crippen molar-refractivity contribution in [1.82, 2.24) is 9.78 Å². The number of benzene rings is 3. The Bertz CT molecular complexity index is 1390. The van der Waals surface area contributed by atoms with Crippen molar-refractivity contribution in [1.29, 1.82) is 0 Å². The maximum Gasteiger partial charge on any atom is 0.248 e. The van der Waals surface area contributed by atoms with Crippen LogP contribution in [0, 0.1) is 0 Å². The number of rotatable bonds is 8. The number of methoxy groups -OCH3 is 2. The Labute approximate surface area is 202 Å². The molecule has 4 rings (SSSR count). The number of nitrogens with two attached hydrogens (primary N) is 1. The normalized spacial score (nSPS) is 10.8. The number of aromatic nitrogens is 2. The molecule has 0 spiro atoms. The molecule has 0 atom stereocenters. The van der Waals surface area contributed by atoms with Crippen LogP contribution in [0.5, 0.6) is 11.5 Å². The molecule has 3 aromatic carbocycles. The zero-order chi connectivity index (χ0) is 24.8. The van der Waals surface area contributed by atoms with Gasteiger partial charge in [-0.1, -0.05) is 24.3 Å². The lowest BCUT2D eigenvalue weighted by Crippen LogP contribution is -2.12. The summed E-state index contributed by atoms with van der Waals surface area (Å²) in [6.07, 6.45) is 4.94. The van der Waals surface area contributed by atoms with Gasteiger partial charge in [-0.25, -0.2) is 4.68 Å². The van der Waals surface area contributed by atoms with Crippen LogP contribution in [0.2, 0.25) is 0 Å². The van der Waals surface area contributed by atoms with Gasteiger partial charge in [0.2, 0.25) is 11.8 Å². The quantitative estimate of drug-likeness (QED) is 0.375. The number of hydrogen-bond donors (Lipinski definition) is 2. The largest absolute Gasteiger partial charge is 0.493 e. The van der Waals surface area contributed by atoms with Crippen LogP contribution < -0.4 is 20.5 Å². The van der Waals surface area contributed by atoms with Gasteiger partial charge in [-0.2, -0.15) is 5.10 Å². The van der Waals surface area contributed by atoms with E-state index in [1.165, 1.54) is 12.1 Å². The van der Waals surface area contributed by atoms with Gasteiger partial charge in [0, 0.05) is 34.7 Å². The van der Waals surface area contributed by atoms with Crippen molar-refractivity contribution >= 4 is 23.6 Å². The fraction of sp³-hybridized carbons (Fsp3) is 0.0741. The summed E-state index contributed by atoms with van der Waals surface area (Å²) >= 11 is 0. The molecule has 0 saturated heterocycles. The van der Waals surface area contributed by atoms with Crippen LogP contribution in [-0.2, 0) is 4.79 Å². The molecule has 0 saturated carbocycles. The van der Waals surface area contributed by atoms with Crippen molar-refractivity contribution < 1.29 is 19.1 Å². The Morgan fingerprint density at radius 3 is 2.43 bits per heavy atom. The number of anilines is 1. The van der Waals surface area contributed by atoms with Crippen LogP contribution >= 0.6 is 0 Å². The fourth-order valence-corrected chi connectivity index (χ4v) is 3.53. The number of hydrogen-bond acceptors (Lipinski definition) is 5. The van der Waals surface area contributed by atoms with Crippen LogP contribution in [0.4, 0.5) is 5.69 Å². The highest BCUT2D eigenvalue weighted by molar-refractivity contribution is 6.03. The van der Waals surface area contributed by atoms with Crippen LogP contribution in [0.25, 0.3) is 23.0 Å². The third kappa shape index (κ3) is 5.39. The summed E-state index contributed by atoms with van der Waals surface area (Å²) in [5.74, 6) is 0.247. The minimum Gasteiger partial charge on any atom is -0.493 e. The van der Waals surface area contributed by atoms with Gasteiger partial charge in [0.1, 0.15) is 5.69 Å². The predicted molar refractivity (Wildman–Crippen MR) is 135 cm³/mol. The summed E-state index contributed by atoms with van der Waals surface area (Å²) in [6.45, 7) is 0. The van der Waals surface area contributed by atoms with Crippen LogP contribution in [-0.4, -0.2) is 35.8 Å². The predicted octanol–water partition coefficient (Wildman–Crippen LogP) is 4.31. The van der Waals surface area contributed by atoms with Crippen molar-refractivity contribution in [2.75, 3.05) is 19.5 Å². The first-order chi connectivity index (χ1) is 17.0. The smallest absolute Gasteiger partial charge is 0.248 e. The van der Waals surface area contributed by atoms with E-state index in [1.807, 2.05) is 54.7 Å². The van der Waals surface area contributed by atoms with Gasteiger partial charge in [-0.3, -0.25) is 9.59 Å². The van der Waals surface area contributed by atoms with Crippen molar-refractivity contribution in [2.24, 2.45) is 5.73 Å². The third-order valence-electron chi connectivity index (χ3n) is 5.25. The second kappa shape index (κ2) is 10.4. The average molecular weight is 469 g/mol. The summed E-state index contributed by atoms with van der Waals surface area (Å²) in [4.78, 5) is 24.0. The monoisotopic (exact) mass is 468 g/mol. The highest BCUT2D eigenvalue weighted by Gasteiger charge is 2.14. The molecule has 0 aliphatic carbocycles. The van der Waals surface area contributed by atoms with E-state index in [2.05, 4.69) is 5.32 Å². The van der Waals surface area contributed by atoms with Gasteiger partial charge in [0.05, 0.1) is 19.9 Å². The highest BCUT2D eigenvalue weighted by Crippen LogP contribution is 2.33. The number of primary amides is 1. The Hall–Kier alpha value is -4.85. The number of carbonyl (C=O) groups is 2. The number of ether oxygens (including phenoxy) is 2. The molecule has 8 nitrogen and oxygen atoms in total. The fourth-order valence-electron chi connectivity index (χ4n) is 3.53. The molecule has 176 valence electrons. The molecule has 0 bridgehead atoms. The summed E-state index contributed by atoms with van der Waals surface area (Å²) in [7, 11) is 3.15. The molecule has 1 aromatic heterocycles. The Morgan fingerprint density at radius 2 is 1.71 bits per heavy atom. The maximum atomic E-state index is 12.6. The summed E-state index contributed by atoms with van der Waals surface area (Å²) in [5, 5.41) is 7.50. The first-order valence-electron chi connectivity index (χ1n) is 10.7. The number of amides is 2. The van der Waals surface area contributed by atoms with Crippen LogP contribution in [0.3, 0.4) is 0 Å². The number of nitrogens with one attached hydrogen (secondary N) is 1. The SMILES string of the molecule is COc1ccc(-c2nn(-c3ccccc3)cc2/C=C/C(=O)Nc2cccc(C(N)=O)c2)cc1OC. The van der Waals surface area contributed by atoms with E-state index in [1.54, 1.807) is 43.2 Å². The van der Waals surface area contributed by atoms with Gasteiger partial charge in [-0.15, -0.1) is 0 Å². The minimum absolute atomic E-state index is 0.312. The molecule has 0 aliphatic rings. The standard InChI is InChI=1S/C27H24N4O4/c1-34-23-13-11-18(16-24(23)35-2)26-20(17-31(30-26)22-9-4-3-5-10-22)12-14-25(32)29-21-8-6-7-19(15-21)27(28)33/h3-17H,1-2H3,(H2,28,33)(H,29,32)/b14-12+. The lowest BCUT2D eigenvalue weighted by atomic mass is 10.1.